The predicted octanol–water partition coefficient (Wildman–Crippen LogP) is 14.9. The summed E-state index contributed by atoms with van der Waals surface area (Å²) >= 11 is 0. The van der Waals surface area contributed by atoms with Gasteiger partial charge in [0.1, 0.15) is 0 Å². The molecule has 0 saturated heterocycles. The van der Waals surface area contributed by atoms with Gasteiger partial charge < -0.3 is 14.0 Å². The van der Waals surface area contributed by atoms with Gasteiger partial charge in [-0.05, 0) is 92.5 Å². The van der Waals surface area contributed by atoms with Crippen LogP contribution >= 0.6 is 7.14 Å². The minimum absolute atomic E-state index is 0.209. The third-order valence-corrected chi connectivity index (χ3v) is 18.6. The van der Waals surface area contributed by atoms with Gasteiger partial charge in [-0.1, -0.05) is 208 Å². The van der Waals surface area contributed by atoms with Crippen LogP contribution in [0.5, 0.6) is 0 Å². The first-order valence-corrected chi connectivity index (χ1v) is 25.3. The smallest absolute Gasteiger partial charge is 0.171 e. The molecule has 2 unspecified atom stereocenters. The van der Waals surface area contributed by atoms with E-state index in [1.54, 1.807) is 0 Å². The lowest BCUT2D eigenvalue weighted by Crippen LogP contribution is -2.48. The molecule has 68 heavy (non-hydrogen) atoms. The Balaban J connectivity index is 1.11. The monoisotopic (exact) mass is 888 g/mol. The van der Waals surface area contributed by atoms with E-state index in [2.05, 4.69) is 242 Å². The minimum atomic E-state index is -3.57. The molecule has 0 N–H and O–H groups in total. The Hall–Kier alpha value is -7.97. The van der Waals surface area contributed by atoms with Crippen LogP contribution in [0.1, 0.15) is 47.2 Å². The third kappa shape index (κ3) is 5.07. The van der Waals surface area contributed by atoms with E-state index in [-0.39, 0.29) is 5.41 Å². The second-order valence-electron chi connectivity index (χ2n) is 19.1. The van der Waals surface area contributed by atoms with E-state index in [9.17, 15) is 0 Å². The maximum absolute atomic E-state index is 17.3. The van der Waals surface area contributed by atoms with E-state index in [0.29, 0.717) is 0 Å². The van der Waals surface area contributed by atoms with Crippen LogP contribution in [0, 0.1) is 0 Å². The molecule has 3 nitrogen and oxygen atoms in total. The number of hydrogen-bond donors (Lipinski definition) is 0. The molecular weight excluding hydrogens is 844 g/mol. The average molecular weight is 889 g/mol. The van der Waals surface area contributed by atoms with Crippen molar-refractivity contribution in [3.8, 4) is 27.9 Å². The molecule has 1 aliphatic carbocycles. The first-order valence-electron chi connectivity index (χ1n) is 23.6. The number of hydrogen-bond acceptors (Lipinski definition) is 2. The Morgan fingerprint density at radius 3 is 1.85 bits per heavy atom. The van der Waals surface area contributed by atoms with E-state index < -0.39 is 12.6 Å². The predicted molar refractivity (Wildman–Crippen MR) is 283 cm³/mol. The second kappa shape index (κ2) is 14.3. The molecule has 1 spiro atoms. The molecule has 14 rings (SSSR count). The molecule has 0 saturated carbocycles. The van der Waals surface area contributed by atoms with Gasteiger partial charge in [-0.25, -0.2) is 0 Å². The highest BCUT2D eigenvalue weighted by atomic mass is 31.2. The summed E-state index contributed by atoms with van der Waals surface area (Å²) in [6.45, 7) is 4.69. The van der Waals surface area contributed by atoms with Crippen LogP contribution in [0.3, 0.4) is 0 Å². The van der Waals surface area contributed by atoms with E-state index in [0.717, 1.165) is 60.9 Å². The molecule has 2 aliphatic heterocycles. The van der Waals surface area contributed by atoms with Gasteiger partial charge in [0.15, 0.2) is 7.14 Å². The van der Waals surface area contributed by atoms with Crippen molar-refractivity contribution in [2.24, 2.45) is 0 Å². The molecule has 11 aromatic rings. The van der Waals surface area contributed by atoms with Crippen LogP contribution in [0.15, 0.2) is 237 Å². The molecular formula is C64H45N2OP. The number of fused-ring (bicyclic) bond motifs is 14. The van der Waals surface area contributed by atoms with Crippen LogP contribution < -0.4 is 20.8 Å². The maximum Gasteiger partial charge on any atom is 0.171 e. The molecule has 1 aromatic heterocycles. The summed E-state index contributed by atoms with van der Waals surface area (Å²) in [5.41, 5.74) is 17.5. The Morgan fingerprint density at radius 1 is 0.426 bits per heavy atom. The number of para-hydroxylation sites is 4. The molecule has 2 atom stereocenters. The zero-order valence-electron chi connectivity index (χ0n) is 37.8. The Morgan fingerprint density at radius 2 is 1.01 bits per heavy atom. The first-order chi connectivity index (χ1) is 33.4. The van der Waals surface area contributed by atoms with Crippen molar-refractivity contribution in [2.45, 2.75) is 24.7 Å². The normalized spacial score (nSPS) is 17.9. The van der Waals surface area contributed by atoms with E-state index in [1.165, 1.54) is 55.2 Å². The van der Waals surface area contributed by atoms with Crippen molar-refractivity contribution in [3.63, 3.8) is 0 Å². The van der Waals surface area contributed by atoms with Gasteiger partial charge in [0, 0.05) is 49.0 Å². The lowest BCUT2D eigenvalue weighted by molar-refractivity contribution is 0.590. The minimum Gasteiger partial charge on any atom is -0.310 e. The van der Waals surface area contributed by atoms with Gasteiger partial charge >= 0.3 is 0 Å². The topological polar surface area (TPSA) is 25.2 Å². The molecule has 3 aliphatic rings. The molecule has 0 bridgehead atoms. The van der Waals surface area contributed by atoms with Crippen molar-refractivity contribution in [1.29, 1.82) is 0 Å². The second-order valence-corrected chi connectivity index (χ2v) is 21.8. The van der Waals surface area contributed by atoms with E-state index in [4.69, 9.17) is 0 Å². The fourth-order valence-electron chi connectivity index (χ4n) is 12.6. The van der Waals surface area contributed by atoms with Crippen molar-refractivity contribution in [1.82, 2.24) is 4.57 Å². The van der Waals surface area contributed by atoms with Gasteiger partial charge in [-0.3, -0.25) is 0 Å². The summed E-state index contributed by atoms with van der Waals surface area (Å²) in [6.07, 6.45) is 0. The number of rotatable bonds is 5. The molecule has 322 valence electrons. The summed E-state index contributed by atoms with van der Waals surface area (Å²) < 4.78 is 19.8. The zero-order valence-corrected chi connectivity index (χ0v) is 38.7. The molecule has 0 radical (unpaired) electrons. The largest absolute Gasteiger partial charge is 0.310 e. The van der Waals surface area contributed by atoms with E-state index in [1.807, 2.05) is 18.2 Å². The van der Waals surface area contributed by atoms with E-state index >= 15 is 4.57 Å². The van der Waals surface area contributed by atoms with Gasteiger partial charge in [-0.2, -0.15) is 0 Å². The molecule has 4 heteroatoms. The Kier molecular flexibility index (Phi) is 8.23. The lowest BCUT2D eigenvalue weighted by Gasteiger charge is -2.47. The summed E-state index contributed by atoms with van der Waals surface area (Å²) in [5, 5.41) is 4.99. The number of nitrogens with zero attached hydrogens (tertiary/aromatic N) is 2. The highest BCUT2D eigenvalue weighted by Crippen LogP contribution is 2.61. The van der Waals surface area contributed by atoms with Crippen molar-refractivity contribution < 1.29 is 4.57 Å². The SMILES string of the molecule is CC1(C)c2ccccc2-c2ccc(N(c3ccc4c(c3)P(=O)(c3ccccc3)c3ccccc3C43c4ccccc4-n4c5ccccc5c5cccc3c54)c3ccccc3-c3ccccc3)cc21. The number of anilines is 3. The van der Waals surface area contributed by atoms with Crippen molar-refractivity contribution in [2.75, 3.05) is 4.90 Å². The van der Waals surface area contributed by atoms with Crippen LogP contribution in [0.25, 0.3) is 49.7 Å². The number of aromatic nitrogens is 1. The standard InChI is InChI=1S/C64H45N2OP/c1-63(2)51-28-12-9-25-47(51)48-38-36-43(40-56(48)63)65(57-32-15-10-24-46(57)42-20-5-3-6-21-42)44-37-39-54-61(41-44)68(67,45-22-7-4-8-23-45)60-35-18-14-30-53(60)64(54)52-29-13-17-34-59(52)66-58-33-16-11-26-49(58)50-27-19-31-55(64)62(50)66/h3-41H,1-2H3. The van der Waals surface area contributed by atoms with Gasteiger partial charge in [0.2, 0.25) is 0 Å². The van der Waals surface area contributed by atoms with Crippen molar-refractivity contribution in [3.05, 3.63) is 270 Å². The molecule has 3 heterocycles. The summed E-state index contributed by atoms with van der Waals surface area (Å²) in [4.78, 5) is 2.41. The average Bonchev–Trinajstić information content (AvgIpc) is 3.86. The van der Waals surface area contributed by atoms with Crippen molar-refractivity contribution >= 4 is 61.9 Å². The van der Waals surface area contributed by atoms with Crippen LogP contribution in [-0.2, 0) is 15.4 Å². The quantitative estimate of drug-likeness (QED) is 0.161. The fraction of sp³-hybridized carbons (Fsp3) is 0.0625. The highest BCUT2D eigenvalue weighted by Gasteiger charge is 2.54. The van der Waals surface area contributed by atoms with Gasteiger partial charge in [-0.15, -0.1) is 0 Å². The first kappa shape index (κ1) is 39.2. The third-order valence-electron chi connectivity index (χ3n) is 15.5. The number of benzene rings is 10. The summed E-state index contributed by atoms with van der Waals surface area (Å²) in [5.74, 6) is 0. The molecule has 10 aromatic carbocycles. The zero-order chi connectivity index (χ0) is 45.4. The highest BCUT2D eigenvalue weighted by molar-refractivity contribution is 7.85. The fourth-order valence-corrected chi connectivity index (χ4v) is 15.7. The van der Waals surface area contributed by atoms with Crippen LogP contribution in [-0.4, -0.2) is 4.57 Å². The van der Waals surface area contributed by atoms with Crippen LogP contribution in [0.2, 0.25) is 0 Å². The maximum atomic E-state index is 17.3. The lowest BCUT2D eigenvalue weighted by atomic mass is 9.62. The summed E-state index contributed by atoms with van der Waals surface area (Å²) in [6, 6.07) is 85.5. The molecule has 0 amide bonds. The molecule has 0 fully saturated rings. The summed E-state index contributed by atoms with van der Waals surface area (Å²) in [7, 11) is -3.57. The van der Waals surface area contributed by atoms with Gasteiger partial charge in [0.25, 0.3) is 0 Å². The van der Waals surface area contributed by atoms with Crippen LogP contribution in [0.4, 0.5) is 17.1 Å². The Labute approximate surface area is 396 Å². The Bertz CT molecular complexity index is 3940. The van der Waals surface area contributed by atoms with Gasteiger partial charge in [0.05, 0.1) is 27.8 Å².